The molecule has 1 saturated heterocycles. The van der Waals surface area contributed by atoms with Crippen LogP contribution in [-0.4, -0.2) is 39.2 Å². The molecule has 0 saturated carbocycles. The van der Waals surface area contributed by atoms with Gasteiger partial charge in [0.05, 0.1) is 12.6 Å². The molecule has 0 bridgehead atoms. The fourth-order valence-electron chi connectivity index (χ4n) is 5.03. The highest BCUT2D eigenvalue weighted by atomic mass is 32.1. The van der Waals surface area contributed by atoms with Gasteiger partial charge in [-0.3, -0.25) is 9.59 Å². The molecule has 4 heterocycles. The number of nitrogens with zero attached hydrogens (tertiary/aromatic N) is 2. The van der Waals surface area contributed by atoms with Gasteiger partial charge >= 0.3 is 0 Å². The molecule has 2 aromatic heterocycles. The van der Waals surface area contributed by atoms with Crippen molar-refractivity contribution in [3.8, 4) is 0 Å². The van der Waals surface area contributed by atoms with Crippen molar-refractivity contribution in [2.24, 2.45) is 0 Å². The maximum absolute atomic E-state index is 13.6. The predicted octanol–water partition coefficient (Wildman–Crippen LogP) is 4.11. The largest absolute Gasteiger partial charge is 0.356 e. The Hall–Kier alpha value is -3.38. The summed E-state index contributed by atoms with van der Waals surface area (Å²) in [4.78, 5) is 35.2. The number of carbonyl (C=O) groups is 2. The van der Waals surface area contributed by atoms with Crippen LogP contribution in [0.15, 0.2) is 72.1 Å². The summed E-state index contributed by atoms with van der Waals surface area (Å²) in [7, 11) is 0. The van der Waals surface area contributed by atoms with Gasteiger partial charge in [0.1, 0.15) is 12.6 Å². The highest BCUT2D eigenvalue weighted by Gasteiger charge is 2.48. The number of H-pyrrole nitrogens is 1. The molecule has 2 aliphatic heterocycles. The standard InChI is InChI=1S/C25H21N3O2S/c29-22-15-27(14-17-9-6-12-31-17)25(30)21-13-19-18-10-4-5-11-20(18)26-23(19)24(28(21)22)16-7-2-1-3-8-16/h1-12,21,24,26H,13-15H2/t21-,24-/m0/s1. The molecule has 2 amide bonds. The molecule has 2 aromatic carbocycles. The highest BCUT2D eigenvalue weighted by Crippen LogP contribution is 2.42. The van der Waals surface area contributed by atoms with E-state index in [9.17, 15) is 9.59 Å². The Labute approximate surface area is 183 Å². The molecule has 1 fully saturated rings. The predicted molar refractivity (Wildman–Crippen MR) is 121 cm³/mol. The molecule has 2 atom stereocenters. The van der Waals surface area contributed by atoms with Crippen LogP contribution in [0.3, 0.4) is 0 Å². The number of piperazine rings is 1. The molecule has 1 N–H and O–H groups in total. The summed E-state index contributed by atoms with van der Waals surface area (Å²) in [5, 5.41) is 3.14. The smallest absolute Gasteiger partial charge is 0.246 e. The molecule has 4 aromatic rings. The van der Waals surface area contributed by atoms with Crippen molar-refractivity contribution < 1.29 is 9.59 Å². The Bertz CT molecular complexity index is 1280. The molecule has 31 heavy (non-hydrogen) atoms. The number of carbonyl (C=O) groups excluding carboxylic acids is 2. The maximum Gasteiger partial charge on any atom is 0.246 e. The Kier molecular flexibility index (Phi) is 4.21. The van der Waals surface area contributed by atoms with Gasteiger partial charge in [0, 0.05) is 27.9 Å². The fourth-order valence-corrected chi connectivity index (χ4v) is 5.75. The summed E-state index contributed by atoms with van der Waals surface area (Å²) in [6.45, 7) is 0.607. The van der Waals surface area contributed by atoms with Crippen LogP contribution in [0.1, 0.15) is 27.7 Å². The van der Waals surface area contributed by atoms with E-state index in [1.165, 1.54) is 0 Å². The molecule has 0 aliphatic carbocycles. The van der Waals surface area contributed by atoms with Crippen molar-refractivity contribution >= 4 is 34.1 Å². The van der Waals surface area contributed by atoms with Gasteiger partial charge in [-0.1, -0.05) is 54.6 Å². The molecule has 6 rings (SSSR count). The van der Waals surface area contributed by atoms with Crippen LogP contribution in [0.25, 0.3) is 10.9 Å². The molecule has 0 unspecified atom stereocenters. The second-order valence-electron chi connectivity index (χ2n) is 8.17. The SMILES string of the molecule is O=C1[C@@H]2Cc3c([nH]c4ccccc34)[C@H](c3ccccc3)N2C(=O)CN1Cc1cccs1. The Morgan fingerprint density at radius 2 is 1.77 bits per heavy atom. The van der Waals surface area contributed by atoms with Crippen molar-refractivity contribution in [1.29, 1.82) is 0 Å². The molecule has 154 valence electrons. The van der Waals surface area contributed by atoms with Crippen LogP contribution in [-0.2, 0) is 22.6 Å². The van der Waals surface area contributed by atoms with E-state index in [2.05, 4.69) is 17.1 Å². The van der Waals surface area contributed by atoms with Gasteiger partial charge in [0.25, 0.3) is 0 Å². The number of para-hydroxylation sites is 1. The Morgan fingerprint density at radius 1 is 0.968 bits per heavy atom. The molecular weight excluding hydrogens is 406 g/mol. The Balaban J connectivity index is 1.48. The molecular formula is C25H21N3O2S. The number of rotatable bonds is 3. The van der Waals surface area contributed by atoms with E-state index in [0.29, 0.717) is 13.0 Å². The van der Waals surface area contributed by atoms with E-state index < -0.39 is 6.04 Å². The molecule has 2 aliphatic rings. The first-order valence-corrected chi connectivity index (χ1v) is 11.4. The van der Waals surface area contributed by atoms with Crippen molar-refractivity contribution in [1.82, 2.24) is 14.8 Å². The summed E-state index contributed by atoms with van der Waals surface area (Å²) in [5.74, 6) is 0.0316. The van der Waals surface area contributed by atoms with Crippen LogP contribution in [0.2, 0.25) is 0 Å². The quantitative estimate of drug-likeness (QED) is 0.535. The van der Waals surface area contributed by atoms with Crippen LogP contribution >= 0.6 is 11.3 Å². The molecule has 0 spiro atoms. The molecule has 5 nitrogen and oxygen atoms in total. The topological polar surface area (TPSA) is 56.4 Å². The zero-order valence-corrected chi connectivity index (χ0v) is 17.6. The summed E-state index contributed by atoms with van der Waals surface area (Å²) in [6.07, 6.45) is 0.536. The van der Waals surface area contributed by atoms with Gasteiger partial charge < -0.3 is 14.8 Å². The maximum atomic E-state index is 13.6. The van der Waals surface area contributed by atoms with E-state index in [0.717, 1.165) is 32.6 Å². The third-order valence-electron chi connectivity index (χ3n) is 6.38. The van der Waals surface area contributed by atoms with Crippen molar-refractivity contribution in [3.63, 3.8) is 0 Å². The third-order valence-corrected chi connectivity index (χ3v) is 7.25. The summed E-state index contributed by atoms with van der Waals surface area (Å²) in [6, 6.07) is 21.4. The van der Waals surface area contributed by atoms with E-state index in [1.807, 2.05) is 64.9 Å². The summed E-state index contributed by atoms with van der Waals surface area (Å²) < 4.78 is 0. The number of hydrogen-bond donors (Lipinski definition) is 1. The van der Waals surface area contributed by atoms with Crippen LogP contribution in [0.4, 0.5) is 0 Å². The van der Waals surface area contributed by atoms with Gasteiger partial charge in [-0.05, 0) is 28.6 Å². The number of thiophene rings is 1. The highest BCUT2D eigenvalue weighted by molar-refractivity contribution is 7.09. The zero-order chi connectivity index (χ0) is 20.9. The van der Waals surface area contributed by atoms with Crippen molar-refractivity contribution in [2.45, 2.75) is 25.0 Å². The van der Waals surface area contributed by atoms with Crippen molar-refractivity contribution in [3.05, 3.63) is 93.8 Å². The first-order valence-electron chi connectivity index (χ1n) is 10.5. The van der Waals surface area contributed by atoms with Crippen LogP contribution in [0.5, 0.6) is 0 Å². The lowest BCUT2D eigenvalue weighted by Gasteiger charge is -2.47. The number of nitrogens with one attached hydrogen (secondary N) is 1. The lowest BCUT2D eigenvalue weighted by atomic mass is 9.86. The Morgan fingerprint density at radius 3 is 2.58 bits per heavy atom. The lowest BCUT2D eigenvalue weighted by molar-refractivity contribution is -0.159. The third kappa shape index (κ3) is 2.90. The zero-order valence-electron chi connectivity index (χ0n) is 16.8. The number of aromatic amines is 1. The molecule has 0 radical (unpaired) electrons. The normalized spacial score (nSPS) is 20.8. The average Bonchev–Trinajstić information content (AvgIpc) is 3.44. The first-order chi connectivity index (χ1) is 15.2. The van der Waals surface area contributed by atoms with E-state index >= 15 is 0 Å². The number of amides is 2. The van der Waals surface area contributed by atoms with Crippen LogP contribution < -0.4 is 0 Å². The second kappa shape index (κ2) is 7.10. The number of hydrogen-bond acceptors (Lipinski definition) is 3. The lowest BCUT2D eigenvalue weighted by Crippen LogP contribution is -2.62. The average molecular weight is 428 g/mol. The van der Waals surface area contributed by atoms with Crippen LogP contribution in [0, 0.1) is 0 Å². The van der Waals surface area contributed by atoms with Gasteiger partial charge in [-0.15, -0.1) is 11.3 Å². The minimum absolute atomic E-state index is 0.000634. The minimum Gasteiger partial charge on any atom is -0.356 e. The van der Waals surface area contributed by atoms with Gasteiger partial charge in [0.15, 0.2) is 0 Å². The van der Waals surface area contributed by atoms with Crippen molar-refractivity contribution in [2.75, 3.05) is 6.54 Å². The van der Waals surface area contributed by atoms with E-state index in [4.69, 9.17) is 0 Å². The van der Waals surface area contributed by atoms with Gasteiger partial charge in [0.2, 0.25) is 11.8 Å². The monoisotopic (exact) mass is 427 g/mol. The van der Waals surface area contributed by atoms with E-state index in [1.54, 1.807) is 16.2 Å². The number of fused-ring (bicyclic) bond motifs is 4. The fraction of sp³-hybridized carbons (Fsp3) is 0.200. The number of aromatic nitrogens is 1. The second-order valence-corrected chi connectivity index (χ2v) is 9.20. The first kappa shape index (κ1) is 18.4. The number of benzene rings is 2. The minimum atomic E-state index is -0.488. The van der Waals surface area contributed by atoms with E-state index in [-0.39, 0.29) is 24.4 Å². The van der Waals surface area contributed by atoms with Gasteiger partial charge in [-0.2, -0.15) is 0 Å². The molecule has 6 heteroatoms. The summed E-state index contributed by atoms with van der Waals surface area (Å²) >= 11 is 1.61. The van der Waals surface area contributed by atoms with Gasteiger partial charge in [-0.25, -0.2) is 0 Å². The summed E-state index contributed by atoms with van der Waals surface area (Å²) in [5.41, 5.74) is 4.23.